The molecule has 1 saturated heterocycles. The van der Waals surface area contributed by atoms with Gasteiger partial charge < -0.3 is 4.42 Å². The lowest BCUT2D eigenvalue weighted by atomic mass is 10.3. The molecule has 1 aliphatic heterocycles. The summed E-state index contributed by atoms with van der Waals surface area (Å²) in [6.45, 7) is 2.43. The van der Waals surface area contributed by atoms with Crippen LogP contribution in [0.2, 0.25) is 0 Å². The summed E-state index contributed by atoms with van der Waals surface area (Å²) in [5.41, 5.74) is 0. The number of carbonyl (C=O) groups excluding carboxylic acids is 1. The van der Waals surface area contributed by atoms with Crippen LogP contribution in [0.25, 0.3) is 6.08 Å². The first-order valence-corrected chi connectivity index (χ1v) is 8.02. The number of carbonyl (C=O) groups is 1. The number of thiophene rings is 1. The van der Waals surface area contributed by atoms with Crippen LogP contribution in [0.1, 0.15) is 15.5 Å². The standard InChI is InChI=1S/C14H11NO2S3/c1-9-4-5-11(19-9)7-12-13(16)15(14(18)20-12)8-10-3-2-6-17-10/h2-7H,8H2,1H3/b12-7+. The zero-order chi connectivity index (χ0) is 14.1. The van der Waals surface area contributed by atoms with Gasteiger partial charge >= 0.3 is 0 Å². The molecule has 0 spiro atoms. The maximum absolute atomic E-state index is 12.4. The molecule has 3 nitrogen and oxygen atoms in total. The Morgan fingerprint density at radius 2 is 2.25 bits per heavy atom. The van der Waals surface area contributed by atoms with E-state index in [1.54, 1.807) is 28.6 Å². The molecule has 2 aromatic rings. The van der Waals surface area contributed by atoms with Crippen LogP contribution in [0.5, 0.6) is 0 Å². The third kappa shape index (κ3) is 2.72. The lowest BCUT2D eigenvalue weighted by molar-refractivity contribution is -0.122. The average molecular weight is 321 g/mol. The molecule has 0 N–H and O–H groups in total. The summed E-state index contributed by atoms with van der Waals surface area (Å²) in [7, 11) is 0. The van der Waals surface area contributed by atoms with Crippen LogP contribution in [-0.4, -0.2) is 15.1 Å². The van der Waals surface area contributed by atoms with Gasteiger partial charge in [-0.1, -0.05) is 24.0 Å². The molecular weight excluding hydrogens is 310 g/mol. The average Bonchev–Trinajstić information content (AvgIpc) is 3.10. The van der Waals surface area contributed by atoms with E-state index in [4.69, 9.17) is 16.6 Å². The van der Waals surface area contributed by atoms with Crippen molar-refractivity contribution in [1.82, 2.24) is 4.90 Å². The Balaban J connectivity index is 1.81. The van der Waals surface area contributed by atoms with Gasteiger partial charge in [0.15, 0.2) is 0 Å². The van der Waals surface area contributed by atoms with Gasteiger partial charge in [0.05, 0.1) is 17.7 Å². The second-order valence-electron chi connectivity index (χ2n) is 4.30. The van der Waals surface area contributed by atoms with E-state index in [0.717, 1.165) is 10.6 Å². The van der Waals surface area contributed by atoms with E-state index >= 15 is 0 Å². The number of aryl methyl sites for hydroxylation is 1. The van der Waals surface area contributed by atoms with Crippen molar-refractivity contribution in [1.29, 1.82) is 0 Å². The summed E-state index contributed by atoms with van der Waals surface area (Å²) in [5.74, 6) is 0.678. The molecule has 20 heavy (non-hydrogen) atoms. The van der Waals surface area contributed by atoms with Gasteiger partial charge in [0.25, 0.3) is 5.91 Å². The summed E-state index contributed by atoms with van der Waals surface area (Å²) >= 11 is 8.28. The van der Waals surface area contributed by atoms with Gasteiger partial charge in [-0.2, -0.15) is 0 Å². The predicted octanol–water partition coefficient (Wildman–Crippen LogP) is 4.05. The van der Waals surface area contributed by atoms with Crippen LogP contribution in [0.15, 0.2) is 39.9 Å². The van der Waals surface area contributed by atoms with Crippen molar-refractivity contribution in [3.05, 3.63) is 50.9 Å². The van der Waals surface area contributed by atoms with E-state index in [2.05, 4.69) is 0 Å². The fraction of sp³-hybridized carbons (Fsp3) is 0.143. The Morgan fingerprint density at radius 3 is 2.90 bits per heavy atom. The zero-order valence-electron chi connectivity index (χ0n) is 10.7. The molecular formula is C14H11NO2S3. The molecule has 1 fully saturated rings. The van der Waals surface area contributed by atoms with Crippen molar-refractivity contribution in [3.8, 4) is 0 Å². The van der Waals surface area contributed by atoms with E-state index in [-0.39, 0.29) is 5.91 Å². The van der Waals surface area contributed by atoms with Crippen LogP contribution in [0.3, 0.4) is 0 Å². The molecule has 0 unspecified atom stereocenters. The van der Waals surface area contributed by atoms with Crippen molar-refractivity contribution in [2.24, 2.45) is 0 Å². The number of thioether (sulfide) groups is 1. The third-order valence-corrected chi connectivity index (χ3v) is 5.13. The summed E-state index contributed by atoms with van der Waals surface area (Å²) in [5, 5.41) is 0. The molecule has 0 bridgehead atoms. The molecule has 2 aromatic heterocycles. The second-order valence-corrected chi connectivity index (χ2v) is 7.29. The van der Waals surface area contributed by atoms with E-state index in [1.807, 2.05) is 31.2 Å². The van der Waals surface area contributed by atoms with Crippen molar-refractivity contribution in [3.63, 3.8) is 0 Å². The highest BCUT2D eigenvalue weighted by Crippen LogP contribution is 2.34. The minimum atomic E-state index is -0.0533. The third-order valence-electron chi connectivity index (χ3n) is 2.80. The van der Waals surface area contributed by atoms with Crippen LogP contribution in [0.4, 0.5) is 0 Å². The molecule has 3 rings (SSSR count). The zero-order valence-corrected chi connectivity index (χ0v) is 13.1. The number of rotatable bonds is 3. The molecule has 3 heterocycles. The number of nitrogens with zero attached hydrogens (tertiary/aromatic N) is 1. The van der Waals surface area contributed by atoms with Gasteiger partial charge in [0.2, 0.25) is 0 Å². The molecule has 6 heteroatoms. The number of hydrogen-bond donors (Lipinski definition) is 0. The van der Waals surface area contributed by atoms with Crippen molar-refractivity contribution in [2.75, 3.05) is 0 Å². The van der Waals surface area contributed by atoms with Gasteiger partial charge in [0.1, 0.15) is 10.1 Å². The number of thiocarbonyl (C=S) groups is 1. The smallest absolute Gasteiger partial charge is 0.266 e. The van der Waals surface area contributed by atoms with Crippen LogP contribution in [-0.2, 0) is 11.3 Å². The summed E-state index contributed by atoms with van der Waals surface area (Å²) in [6.07, 6.45) is 3.50. The lowest BCUT2D eigenvalue weighted by Crippen LogP contribution is -2.27. The maximum Gasteiger partial charge on any atom is 0.266 e. The Kier molecular flexibility index (Phi) is 3.78. The monoisotopic (exact) mass is 321 g/mol. The normalized spacial score (nSPS) is 17.4. The summed E-state index contributed by atoms with van der Waals surface area (Å²) in [6, 6.07) is 7.70. The minimum absolute atomic E-state index is 0.0533. The van der Waals surface area contributed by atoms with E-state index in [0.29, 0.717) is 15.8 Å². The van der Waals surface area contributed by atoms with Crippen molar-refractivity contribution >= 4 is 51.6 Å². The molecule has 1 amide bonds. The Morgan fingerprint density at radius 1 is 1.40 bits per heavy atom. The fourth-order valence-corrected chi connectivity index (χ4v) is 4.00. The molecule has 0 radical (unpaired) electrons. The predicted molar refractivity (Wildman–Crippen MR) is 86.5 cm³/mol. The molecule has 0 saturated carbocycles. The Bertz CT molecular complexity index is 685. The van der Waals surface area contributed by atoms with E-state index in [1.165, 1.54) is 16.6 Å². The van der Waals surface area contributed by atoms with Crippen molar-refractivity contribution in [2.45, 2.75) is 13.5 Å². The number of furan rings is 1. The van der Waals surface area contributed by atoms with E-state index < -0.39 is 0 Å². The summed E-state index contributed by atoms with van der Waals surface area (Å²) < 4.78 is 5.84. The molecule has 0 aliphatic carbocycles. The molecule has 0 atom stereocenters. The first-order chi connectivity index (χ1) is 9.63. The quantitative estimate of drug-likeness (QED) is 0.631. The first kappa shape index (κ1) is 13.6. The van der Waals surface area contributed by atoms with Crippen LogP contribution in [0, 0.1) is 6.92 Å². The minimum Gasteiger partial charge on any atom is -0.467 e. The summed E-state index contributed by atoms with van der Waals surface area (Å²) in [4.78, 5) is 16.9. The van der Waals surface area contributed by atoms with Gasteiger partial charge in [0, 0.05) is 9.75 Å². The highest BCUT2D eigenvalue weighted by atomic mass is 32.2. The molecule has 102 valence electrons. The molecule has 1 aliphatic rings. The van der Waals surface area contributed by atoms with E-state index in [9.17, 15) is 4.79 Å². The Hall–Kier alpha value is -1.37. The molecule has 0 aromatic carbocycles. The van der Waals surface area contributed by atoms with Gasteiger partial charge in [-0.3, -0.25) is 9.69 Å². The lowest BCUT2D eigenvalue weighted by Gasteiger charge is -2.11. The van der Waals surface area contributed by atoms with Gasteiger partial charge in [-0.15, -0.1) is 11.3 Å². The number of amides is 1. The first-order valence-electron chi connectivity index (χ1n) is 5.97. The number of hydrogen-bond acceptors (Lipinski definition) is 5. The maximum atomic E-state index is 12.4. The second kappa shape index (κ2) is 5.55. The van der Waals surface area contributed by atoms with Crippen LogP contribution >= 0.6 is 35.3 Å². The Labute approximate surface area is 130 Å². The van der Waals surface area contributed by atoms with Crippen molar-refractivity contribution < 1.29 is 9.21 Å². The SMILES string of the molecule is Cc1ccc(/C=C2/SC(=S)N(Cc3ccco3)C2=O)s1. The van der Waals surface area contributed by atoms with Gasteiger partial charge in [-0.25, -0.2) is 0 Å². The highest BCUT2D eigenvalue weighted by molar-refractivity contribution is 8.26. The fourth-order valence-electron chi connectivity index (χ4n) is 1.85. The largest absolute Gasteiger partial charge is 0.467 e. The van der Waals surface area contributed by atoms with Gasteiger partial charge in [-0.05, 0) is 37.3 Å². The van der Waals surface area contributed by atoms with Crippen LogP contribution < -0.4 is 0 Å². The highest BCUT2D eigenvalue weighted by Gasteiger charge is 2.32. The topological polar surface area (TPSA) is 33.5 Å².